The molecule has 0 bridgehead atoms. The summed E-state index contributed by atoms with van der Waals surface area (Å²) in [5.74, 6) is 1.76. The molecule has 1 aliphatic heterocycles. The van der Waals surface area contributed by atoms with Crippen LogP contribution in [0.25, 0.3) is 0 Å². The van der Waals surface area contributed by atoms with E-state index >= 15 is 0 Å². The predicted molar refractivity (Wildman–Crippen MR) is 99.8 cm³/mol. The van der Waals surface area contributed by atoms with Gasteiger partial charge in [-0.3, -0.25) is 4.79 Å². The van der Waals surface area contributed by atoms with Crippen LogP contribution in [0, 0.1) is 0 Å². The number of amides is 1. The standard InChI is InChI=1S/C21H25NO4/c1-24-18-7-3-16(4-8-18)20(17-5-9-19(25-2)10-6-17)15-21(23)22-11-13-26-14-12-22/h3-10,20H,11-15H2,1-2H3. The molecule has 0 aliphatic carbocycles. The number of hydrogen-bond donors (Lipinski definition) is 0. The Morgan fingerprint density at radius 2 is 1.38 bits per heavy atom. The number of carbonyl (C=O) groups is 1. The Bertz CT molecular complexity index is 658. The third kappa shape index (κ3) is 4.35. The lowest BCUT2D eigenvalue weighted by atomic mass is 9.88. The molecule has 1 amide bonds. The van der Waals surface area contributed by atoms with Crippen molar-refractivity contribution >= 4 is 5.91 Å². The normalized spacial score (nSPS) is 14.3. The third-order valence-electron chi connectivity index (χ3n) is 4.78. The second-order valence-corrected chi connectivity index (χ2v) is 6.30. The molecular weight excluding hydrogens is 330 g/mol. The fourth-order valence-corrected chi connectivity index (χ4v) is 3.22. The highest BCUT2D eigenvalue weighted by Crippen LogP contribution is 2.31. The van der Waals surface area contributed by atoms with Gasteiger partial charge in [-0.2, -0.15) is 0 Å². The van der Waals surface area contributed by atoms with Gasteiger partial charge in [-0.15, -0.1) is 0 Å². The average molecular weight is 355 g/mol. The van der Waals surface area contributed by atoms with E-state index in [-0.39, 0.29) is 11.8 Å². The number of methoxy groups -OCH3 is 2. The van der Waals surface area contributed by atoms with Gasteiger partial charge >= 0.3 is 0 Å². The molecule has 0 saturated carbocycles. The van der Waals surface area contributed by atoms with Gasteiger partial charge in [0.05, 0.1) is 27.4 Å². The van der Waals surface area contributed by atoms with Crippen LogP contribution in [-0.4, -0.2) is 51.3 Å². The minimum atomic E-state index is -0.0119. The maximum atomic E-state index is 12.8. The zero-order valence-corrected chi connectivity index (χ0v) is 15.3. The van der Waals surface area contributed by atoms with E-state index in [2.05, 4.69) is 0 Å². The third-order valence-corrected chi connectivity index (χ3v) is 4.78. The molecule has 138 valence electrons. The van der Waals surface area contributed by atoms with Gasteiger partial charge in [0, 0.05) is 25.4 Å². The highest BCUT2D eigenvalue weighted by atomic mass is 16.5. The van der Waals surface area contributed by atoms with Gasteiger partial charge in [0.2, 0.25) is 5.91 Å². The Hall–Kier alpha value is -2.53. The second kappa shape index (κ2) is 8.72. The van der Waals surface area contributed by atoms with Crippen LogP contribution < -0.4 is 9.47 Å². The van der Waals surface area contributed by atoms with Crippen molar-refractivity contribution in [2.24, 2.45) is 0 Å². The number of nitrogens with zero attached hydrogens (tertiary/aromatic N) is 1. The fraction of sp³-hybridized carbons (Fsp3) is 0.381. The van der Waals surface area contributed by atoms with Crippen LogP contribution >= 0.6 is 0 Å². The Labute approximate surface area is 154 Å². The minimum absolute atomic E-state index is 0.0119. The van der Waals surface area contributed by atoms with Crippen molar-refractivity contribution in [1.29, 1.82) is 0 Å². The first kappa shape index (κ1) is 18.3. The van der Waals surface area contributed by atoms with Crippen molar-refractivity contribution in [2.75, 3.05) is 40.5 Å². The number of rotatable bonds is 6. The second-order valence-electron chi connectivity index (χ2n) is 6.30. The van der Waals surface area contributed by atoms with Gasteiger partial charge in [-0.25, -0.2) is 0 Å². The topological polar surface area (TPSA) is 48.0 Å². The molecule has 0 radical (unpaired) electrons. The monoisotopic (exact) mass is 355 g/mol. The molecule has 1 aliphatic rings. The molecule has 1 heterocycles. The molecule has 2 aromatic carbocycles. The summed E-state index contributed by atoms with van der Waals surface area (Å²) < 4.78 is 15.9. The maximum absolute atomic E-state index is 12.8. The summed E-state index contributed by atoms with van der Waals surface area (Å²) in [7, 11) is 3.30. The first-order valence-corrected chi connectivity index (χ1v) is 8.84. The quantitative estimate of drug-likeness (QED) is 0.799. The van der Waals surface area contributed by atoms with E-state index in [9.17, 15) is 4.79 Å². The zero-order chi connectivity index (χ0) is 18.4. The number of hydrogen-bond acceptors (Lipinski definition) is 4. The molecular formula is C21H25NO4. The van der Waals surface area contributed by atoms with Gasteiger partial charge in [0.25, 0.3) is 0 Å². The smallest absolute Gasteiger partial charge is 0.223 e. The lowest BCUT2D eigenvalue weighted by Crippen LogP contribution is -2.41. The molecule has 0 aromatic heterocycles. The van der Waals surface area contributed by atoms with Gasteiger partial charge in [-0.1, -0.05) is 24.3 Å². The zero-order valence-electron chi connectivity index (χ0n) is 15.3. The summed E-state index contributed by atoms with van der Waals surface area (Å²) in [4.78, 5) is 14.7. The Morgan fingerprint density at radius 1 is 0.923 bits per heavy atom. The highest BCUT2D eigenvalue weighted by molar-refractivity contribution is 5.78. The summed E-state index contributed by atoms with van der Waals surface area (Å²) in [6.07, 6.45) is 0.429. The van der Waals surface area contributed by atoms with Crippen LogP contribution in [0.2, 0.25) is 0 Å². The van der Waals surface area contributed by atoms with Crippen molar-refractivity contribution < 1.29 is 19.0 Å². The van der Waals surface area contributed by atoms with Crippen LogP contribution in [0.1, 0.15) is 23.5 Å². The van der Waals surface area contributed by atoms with Crippen molar-refractivity contribution in [1.82, 2.24) is 4.90 Å². The SMILES string of the molecule is COc1ccc(C(CC(=O)N2CCOCC2)c2ccc(OC)cc2)cc1. The van der Waals surface area contributed by atoms with E-state index in [1.807, 2.05) is 53.4 Å². The average Bonchev–Trinajstić information content (AvgIpc) is 2.73. The Kier molecular flexibility index (Phi) is 6.12. The molecule has 1 saturated heterocycles. The molecule has 0 atom stereocenters. The molecule has 0 spiro atoms. The van der Waals surface area contributed by atoms with Crippen molar-refractivity contribution in [3.05, 3.63) is 59.7 Å². The van der Waals surface area contributed by atoms with E-state index in [1.165, 1.54) is 0 Å². The largest absolute Gasteiger partial charge is 0.497 e. The number of morpholine rings is 1. The molecule has 2 aromatic rings. The number of carbonyl (C=O) groups excluding carboxylic acids is 1. The van der Waals surface area contributed by atoms with Crippen LogP contribution in [0.3, 0.4) is 0 Å². The fourth-order valence-electron chi connectivity index (χ4n) is 3.22. The molecule has 5 nitrogen and oxygen atoms in total. The minimum Gasteiger partial charge on any atom is -0.497 e. The lowest BCUT2D eigenvalue weighted by Gasteiger charge is -2.29. The summed E-state index contributed by atoms with van der Waals surface area (Å²) in [6.45, 7) is 2.55. The molecule has 5 heteroatoms. The molecule has 1 fully saturated rings. The van der Waals surface area contributed by atoms with Crippen LogP contribution in [-0.2, 0) is 9.53 Å². The van der Waals surface area contributed by atoms with E-state index in [0.717, 1.165) is 22.6 Å². The Morgan fingerprint density at radius 3 is 1.81 bits per heavy atom. The highest BCUT2D eigenvalue weighted by Gasteiger charge is 2.23. The van der Waals surface area contributed by atoms with Crippen LogP contribution in [0.15, 0.2) is 48.5 Å². The molecule has 26 heavy (non-hydrogen) atoms. The first-order chi connectivity index (χ1) is 12.7. The first-order valence-electron chi connectivity index (χ1n) is 8.84. The Balaban J connectivity index is 1.85. The van der Waals surface area contributed by atoms with E-state index in [1.54, 1.807) is 14.2 Å². The number of ether oxygens (including phenoxy) is 3. The van der Waals surface area contributed by atoms with Gasteiger partial charge < -0.3 is 19.1 Å². The van der Waals surface area contributed by atoms with Gasteiger partial charge in [0.1, 0.15) is 11.5 Å². The summed E-state index contributed by atoms with van der Waals surface area (Å²) >= 11 is 0. The van der Waals surface area contributed by atoms with Crippen LogP contribution in [0.4, 0.5) is 0 Å². The summed E-state index contributed by atoms with van der Waals surface area (Å²) in [5, 5.41) is 0. The molecule has 0 unspecified atom stereocenters. The lowest BCUT2D eigenvalue weighted by molar-refractivity contribution is -0.135. The van der Waals surface area contributed by atoms with Crippen molar-refractivity contribution in [3.8, 4) is 11.5 Å². The van der Waals surface area contributed by atoms with E-state index < -0.39 is 0 Å². The molecule has 3 rings (SSSR count). The molecule has 0 N–H and O–H groups in total. The van der Waals surface area contributed by atoms with Crippen molar-refractivity contribution in [2.45, 2.75) is 12.3 Å². The maximum Gasteiger partial charge on any atom is 0.223 e. The predicted octanol–water partition coefficient (Wildman–Crippen LogP) is 3.08. The number of benzene rings is 2. The van der Waals surface area contributed by atoms with Crippen LogP contribution in [0.5, 0.6) is 11.5 Å². The van der Waals surface area contributed by atoms with Gasteiger partial charge in [0.15, 0.2) is 0 Å². The summed E-state index contributed by atoms with van der Waals surface area (Å²) in [6, 6.07) is 15.9. The van der Waals surface area contributed by atoms with Gasteiger partial charge in [-0.05, 0) is 35.4 Å². The summed E-state index contributed by atoms with van der Waals surface area (Å²) in [5.41, 5.74) is 2.19. The van der Waals surface area contributed by atoms with E-state index in [0.29, 0.717) is 32.7 Å². The van der Waals surface area contributed by atoms with E-state index in [4.69, 9.17) is 14.2 Å². The van der Waals surface area contributed by atoms with Crippen molar-refractivity contribution in [3.63, 3.8) is 0 Å².